The lowest BCUT2D eigenvalue weighted by atomic mass is 10.2. The SMILES string of the molecule is CCn1c(SCC(=O)N2CC[NH+](Cc3ccccc3)CC2)nnc1-c1cccc(N)c1. The highest BCUT2D eigenvalue weighted by Crippen LogP contribution is 2.25. The third-order valence-corrected chi connectivity index (χ3v) is 6.57. The summed E-state index contributed by atoms with van der Waals surface area (Å²) >= 11 is 1.46. The third-order valence-electron chi connectivity index (χ3n) is 5.62. The Kier molecular flexibility index (Phi) is 6.89. The number of thioether (sulfide) groups is 1. The summed E-state index contributed by atoms with van der Waals surface area (Å²) in [4.78, 5) is 16.3. The van der Waals surface area contributed by atoms with E-state index in [1.807, 2.05) is 39.8 Å². The Morgan fingerprint density at radius 3 is 2.58 bits per heavy atom. The molecule has 1 fully saturated rings. The predicted octanol–water partition coefficient (Wildman–Crippen LogP) is 1.57. The number of nitrogens with zero attached hydrogens (tertiary/aromatic N) is 4. The molecule has 2 aromatic carbocycles. The lowest BCUT2D eigenvalue weighted by Crippen LogP contribution is -3.13. The first-order valence-corrected chi connectivity index (χ1v) is 11.7. The molecule has 4 rings (SSSR count). The number of benzene rings is 2. The predicted molar refractivity (Wildman–Crippen MR) is 124 cm³/mol. The molecule has 0 saturated carbocycles. The van der Waals surface area contributed by atoms with Crippen molar-refractivity contribution in [3.05, 3.63) is 60.2 Å². The highest BCUT2D eigenvalue weighted by Gasteiger charge is 2.24. The molecule has 0 aliphatic carbocycles. The summed E-state index contributed by atoms with van der Waals surface area (Å²) in [5.74, 6) is 1.33. The zero-order chi connectivity index (χ0) is 21.6. The lowest BCUT2D eigenvalue weighted by Gasteiger charge is -2.32. The first kappa shape index (κ1) is 21.4. The number of carbonyl (C=O) groups excluding carboxylic acids is 1. The van der Waals surface area contributed by atoms with E-state index in [1.54, 1.807) is 0 Å². The van der Waals surface area contributed by atoms with Crippen LogP contribution in [0, 0.1) is 0 Å². The van der Waals surface area contributed by atoms with Gasteiger partial charge in [0.2, 0.25) is 5.91 Å². The fourth-order valence-corrected chi connectivity index (χ4v) is 4.83. The van der Waals surface area contributed by atoms with Crippen LogP contribution in [0.3, 0.4) is 0 Å². The number of aromatic nitrogens is 3. The summed E-state index contributed by atoms with van der Waals surface area (Å²) in [5, 5.41) is 9.44. The Bertz CT molecular complexity index is 1010. The van der Waals surface area contributed by atoms with Gasteiger partial charge in [-0.05, 0) is 19.1 Å². The average molecular weight is 438 g/mol. The number of piperazine rings is 1. The zero-order valence-corrected chi connectivity index (χ0v) is 18.6. The van der Waals surface area contributed by atoms with Crippen LogP contribution in [-0.2, 0) is 17.9 Å². The van der Waals surface area contributed by atoms with Gasteiger partial charge in [0.1, 0.15) is 6.54 Å². The van der Waals surface area contributed by atoms with Gasteiger partial charge < -0.3 is 20.1 Å². The van der Waals surface area contributed by atoms with E-state index < -0.39 is 0 Å². The van der Waals surface area contributed by atoms with Crippen LogP contribution in [-0.4, -0.2) is 57.5 Å². The number of rotatable bonds is 7. The monoisotopic (exact) mass is 437 g/mol. The Labute approximate surface area is 187 Å². The van der Waals surface area contributed by atoms with Gasteiger partial charge in [0.25, 0.3) is 0 Å². The van der Waals surface area contributed by atoms with E-state index in [9.17, 15) is 4.79 Å². The second kappa shape index (κ2) is 9.98. The summed E-state index contributed by atoms with van der Waals surface area (Å²) < 4.78 is 2.04. The second-order valence-corrected chi connectivity index (χ2v) is 8.70. The van der Waals surface area contributed by atoms with E-state index in [0.717, 1.165) is 55.8 Å². The van der Waals surface area contributed by atoms with Gasteiger partial charge in [0, 0.05) is 23.4 Å². The van der Waals surface area contributed by atoms with Gasteiger partial charge in [0.05, 0.1) is 31.9 Å². The molecule has 2 heterocycles. The molecule has 3 aromatic rings. The third kappa shape index (κ3) is 5.26. The number of anilines is 1. The number of carbonyl (C=O) groups is 1. The molecule has 8 heteroatoms. The molecule has 162 valence electrons. The number of nitrogens with one attached hydrogen (secondary N) is 1. The Hall–Kier alpha value is -2.84. The van der Waals surface area contributed by atoms with Crippen LogP contribution >= 0.6 is 11.8 Å². The first-order valence-electron chi connectivity index (χ1n) is 10.7. The number of nitrogens with two attached hydrogens (primary N) is 1. The zero-order valence-electron chi connectivity index (χ0n) is 17.8. The molecule has 1 saturated heterocycles. The number of quaternary nitrogens is 1. The van der Waals surface area contributed by atoms with Crippen molar-refractivity contribution in [1.29, 1.82) is 0 Å². The molecule has 1 amide bonds. The van der Waals surface area contributed by atoms with Crippen molar-refractivity contribution in [3.8, 4) is 11.4 Å². The van der Waals surface area contributed by atoms with E-state index in [4.69, 9.17) is 5.73 Å². The second-order valence-electron chi connectivity index (χ2n) is 7.76. The highest BCUT2D eigenvalue weighted by molar-refractivity contribution is 7.99. The number of nitrogen functional groups attached to an aromatic ring is 1. The van der Waals surface area contributed by atoms with E-state index in [1.165, 1.54) is 22.2 Å². The minimum absolute atomic E-state index is 0.167. The molecule has 31 heavy (non-hydrogen) atoms. The molecule has 1 aliphatic rings. The van der Waals surface area contributed by atoms with Crippen LogP contribution in [0.4, 0.5) is 5.69 Å². The molecule has 3 N–H and O–H groups in total. The van der Waals surface area contributed by atoms with Crippen molar-refractivity contribution in [2.24, 2.45) is 0 Å². The van der Waals surface area contributed by atoms with Gasteiger partial charge >= 0.3 is 0 Å². The van der Waals surface area contributed by atoms with Gasteiger partial charge in [-0.1, -0.05) is 54.2 Å². The number of amides is 1. The van der Waals surface area contributed by atoms with E-state index >= 15 is 0 Å². The van der Waals surface area contributed by atoms with Gasteiger partial charge in [-0.2, -0.15) is 0 Å². The van der Waals surface area contributed by atoms with Crippen molar-refractivity contribution >= 4 is 23.4 Å². The molecule has 0 unspecified atom stereocenters. The minimum Gasteiger partial charge on any atom is -0.399 e. The smallest absolute Gasteiger partial charge is 0.233 e. The van der Waals surface area contributed by atoms with Gasteiger partial charge in [-0.15, -0.1) is 10.2 Å². The molecule has 0 radical (unpaired) electrons. The van der Waals surface area contributed by atoms with Crippen LogP contribution < -0.4 is 10.6 Å². The van der Waals surface area contributed by atoms with Crippen molar-refractivity contribution in [2.75, 3.05) is 37.7 Å². The normalized spacial score (nSPS) is 14.7. The lowest BCUT2D eigenvalue weighted by molar-refractivity contribution is -0.917. The van der Waals surface area contributed by atoms with Gasteiger partial charge in [-0.3, -0.25) is 4.79 Å². The number of hydrogen-bond donors (Lipinski definition) is 2. The Morgan fingerprint density at radius 1 is 1.10 bits per heavy atom. The molecule has 0 bridgehead atoms. The maximum Gasteiger partial charge on any atom is 0.233 e. The van der Waals surface area contributed by atoms with E-state index in [-0.39, 0.29) is 5.91 Å². The summed E-state index contributed by atoms with van der Waals surface area (Å²) in [6.45, 7) is 7.37. The molecule has 7 nitrogen and oxygen atoms in total. The van der Waals surface area contributed by atoms with Crippen molar-refractivity contribution in [2.45, 2.75) is 25.2 Å². The number of hydrogen-bond acceptors (Lipinski definition) is 5. The molecule has 0 atom stereocenters. The molecular weight excluding hydrogens is 408 g/mol. The van der Waals surface area contributed by atoms with Crippen LogP contribution in [0.2, 0.25) is 0 Å². The highest BCUT2D eigenvalue weighted by atomic mass is 32.2. The maximum atomic E-state index is 12.8. The first-order chi connectivity index (χ1) is 15.1. The minimum atomic E-state index is 0.167. The van der Waals surface area contributed by atoms with Crippen LogP contribution in [0.5, 0.6) is 0 Å². The van der Waals surface area contributed by atoms with Crippen LogP contribution in [0.25, 0.3) is 11.4 Å². The van der Waals surface area contributed by atoms with Crippen LogP contribution in [0.1, 0.15) is 12.5 Å². The summed E-state index contributed by atoms with van der Waals surface area (Å²) in [5.41, 5.74) is 8.89. The standard InChI is InChI=1S/C23H28N6OS/c1-2-29-22(19-9-6-10-20(24)15-19)25-26-23(29)31-17-21(30)28-13-11-27(12-14-28)16-18-7-4-3-5-8-18/h3-10,15H,2,11-14,16-17,24H2,1H3/p+1. The van der Waals surface area contributed by atoms with Crippen molar-refractivity contribution in [1.82, 2.24) is 19.7 Å². The summed E-state index contributed by atoms with van der Waals surface area (Å²) in [6.07, 6.45) is 0. The Balaban J connectivity index is 1.31. The van der Waals surface area contributed by atoms with Crippen molar-refractivity contribution < 1.29 is 9.69 Å². The topological polar surface area (TPSA) is 81.5 Å². The quantitative estimate of drug-likeness (QED) is 0.433. The molecule has 1 aliphatic heterocycles. The summed E-state index contributed by atoms with van der Waals surface area (Å²) in [7, 11) is 0. The van der Waals surface area contributed by atoms with Crippen LogP contribution in [0.15, 0.2) is 59.8 Å². The van der Waals surface area contributed by atoms with E-state index in [2.05, 4.69) is 41.4 Å². The summed E-state index contributed by atoms with van der Waals surface area (Å²) in [6, 6.07) is 18.2. The molecule has 1 aromatic heterocycles. The molecular formula is C23H29N6OS+. The van der Waals surface area contributed by atoms with Crippen molar-refractivity contribution in [3.63, 3.8) is 0 Å². The average Bonchev–Trinajstić information content (AvgIpc) is 3.21. The fourth-order valence-electron chi connectivity index (χ4n) is 3.92. The fraction of sp³-hybridized carbons (Fsp3) is 0.348. The molecule has 0 spiro atoms. The van der Waals surface area contributed by atoms with Gasteiger partial charge in [-0.25, -0.2) is 0 Å². The Morgan fingerprint density at radius 2 is 1.87 bits per heavy atom. The maximum absolute atomic E-state index is 12.8. The van der Waals surface area contributed by atoms with E-state index in [0.29, 0.717) is 11.4 Å². The largest absolute Gasteiger partial charge is 0.399 e. The van der Waals surface area contributed by atoms with Gasteiger partial charge in [0.15, 0.2) is 11.0 Å².